The zero-order chi connectivity index (χ0) is 14.8. The minimum Gasteiger partial charge on any atom is -0.389 e. The van der Waals surface area contributed by atoms with E-state index in [0.29, 0.717) is 12.1 Å². The topological polar surface area (TPSA) is 60.1 Å². The predicted molar refractivity (Wildman–Crippen MR) is 79.8 cm³/mol. The van der Waals surface area contributed by atoms with Crippen molar-refractivity contribution in [2.45, 2.75) is 52.1 Å². The van der Waals surface area contributed by atoms with Gasteiger partial charge in [-0.2, -0.15) is 5.26 Å². The number of likely N-dealkylation sites (N-methyl/N-ethyl adjacent to an activating group) is 1. The molecule has 0 aliphatic heterocycles. The number of aryl methyl sites for hydroxylation is 2. The Bertz CT molecular complexity index is 526. The molecule has 20 heavy (non-hydrogen) atoms. The normalized spacial score (nSPS) is 14.6. The SMILES string of the molecule is CCN(CC(C)(C)O)c1nc2c(cc1C#N)CCCC2. The second kappa shape index (κ2) is 5.80. The van der Waals surface area contributed by atoms with Crippen molar-refractivity contribution in [3.05, 3.63) is 22.9 Å². The highest BCUT2D eigenvalue weighted by Crippen LogP contribution is 2.27. The van der Waals surface area contributed by atoms with Crippen molar-refractivity contribution in [2.24, 2.45) is 0 Å². The molecule has 0 atom stereocenters. The van der Waals surface area contributed by atoms with Gasteiger partial charge in [-0.3, -0.25) is 0 Å². The zero-order valence-corrected chi connectivity index (χ0v) is 12.6. The van der Waals surface area contributed by atoms with E-state index in [4.69, 9.17) is 4.98 Å². The van der Waals surface area contributed by atoms with Gasteiger partial charge >= 0.3 is 0 Å². The maximum Gasteiger partial charge on any atom is 0.146 e. The Kier molecular flexibility index (Phi) is 4.29. The van der Waals surface area contributed by atoms with Gasteiger partial charge in [0.1, 0.15) is 11.9 Å². The fourth-order valence-electron chi connectivity index (χ4n) is 2.75. The van der Waals surface area contributed by atoms with Gasteiger partial charge in [0.25, 0.3) is 0 Å². The molecule has 1 aliphatic carbocycles. The molecular formula is C16H23N3O. The van der Waals surface area contributed by atoms with Crippen LogP contribution in [0.3, 0.4) is 0 Å². The third-order valence-electron chi connectivity index (χ3n) is 3.66. The molecule has 0 fully saturated rings. The molecule has 4 nitrogen and oxygen atoms in total. The monoisotopic (exact) mass is 273 g/mol. The Hall–Kier alpha value is -1.60. The summed E-state index contributed by atoms with van der Waals surface area (Å²) in [6, 6.07) is 4.25. The van der Waals surface area contributed by atoms with E-state index in [0.717, 1.165) is 30.9 Å². The van der Waals surface area contributed by atoms with Crippen LogP contribution in [0.2, 0.25) is 0 Å². The fraction of sp³-hybridized carbons (Fsp3) is 0.625. The highest BCUT2D eigenvalue weighted by atomic mass is 16.3. The van der Waals surface area contributed by atoms with Crippen LogP contribution >= 0.6 is 0 Å². The summed E-state index contributed by atoms with van der Waals surface area (Å²) < 4.78 is 0. The summed E-state index contributed by atoms with van der Waals surface area (Å²) in [6.07, 6.45) is 4.37. The molecule has 1 heterocycles. The third kappa shape index (κ3) is 3.29. The van der Waals surface area contributed by atoms with Gasteiger partial charge in [-0.05, 0) is 58.1 Å². The first-order chi connectivity index (χ1) is 9.44. The van der Waals surface area contributed by atoms with Crippen molar-refractivity contribution in [1.29, 1.82) is 5.26 Å². The van der Waals surface area contributed by atoms with Gasteiger partial charge in [-0.1, -0.05) is 0 Å². The number of nitrogens with zero attached hydrogens (tertiary/aromatic N) is 3. The first-order valence-corrected chi connectivity index (χ1v) is 7.35. The molecule has 0 bridgehead atoms. The van der Waals surface area contributed by atoms with E-state index < -0.39 is 5.60 Å². The second-order valence-electron chi connectivity index (χ2n) is 6.11. The van der Waals surface area contributed by atoms with Gasteiger partial charge < -0.3 is 10.0 Å². The standard InChI is InChI=1S/C16H23N3O/c1-4-19(11-16(2,3)20)15-13(10-17)9-12-7-5-6-8-14(12)18-15/h9,20H,4-8,11H2,1-3H3. The molecule has 108 valence electrons. The van der Waals surface area contributed by atoms with E-state index in [-0.39, 0.29) is 0 Å². The number of rotatable bonds is 4. The maximum absolute atomic E-state index is 10.0. The number of aliphatic hydroxyl groups is 1. The minimum absolute atomic E-state index is 0.476. The van der Waals surface area contributed by atoms with E-state index in [1.54, 1.807) is 13.8 Å². The molecule has 1 aromatic rings. The Morgan fingerprint density at radius 2 is 2.10 bits per heavy atom. The summed E-state index contributed by atoms with van der Waals surface area (Å²) in [6.45, 7) is 6.78. The summed E-state index contributed by atoms with van der Waals surface area (Å²) in [5, 5.41) is 19.4. The Labute approximate surface area is 121 Å². The third-order valence-corrected chi connectivity index (χ3v) is 3.66. The van der Waals surface area contributed by atoms with Crippen molar-refractivity contribution < 1.29 is 5.11 Å². The van der Waals surface area contributed by atoms with Gasteiger partial charge in [0.05, 0.1) is 11.2 Å². The van der Waals surface area contributed by atoms with Gasteiger partial charge in [0, 0.05) is 18.8 Å². The molecule has 0 saturated carbocycles. The number of aromatic nitrogens is 1. The van der Waals surface area contributed by atoms with Crippen LogP contribution in [-0.2, 0) is 12.8 Å². The number of hydrogen-bond donors (Lipinski definition) is 1. The molecular weight excluding hydrogens is 250 g/mol. The quantitative estimate of drug-likeness (QED) is 0.915. The molecule has 1 aromatic heterocycles. The zero-order valence-electron chi connectivity index (χ0n) is 12.6. The number of anilines is 1. The van der Waals surface area contributed by atoms with Gasteiger partial charge in [0.15, 0.2) is 0 Å². The largest absolute Gasteiger partial charge is 0.389 e. The van der Waals surface area contributed by atoms with Crippen LogP contribution in [-0.4, -0.2) is 28.8 Å². The second-order valence-corrected chi connectivity index (χ2v) is 6.11. The van der Waals surface area contributed by atoms with Crippen LogP contribution in [0, 0.1) is 11.3 Å². The van der Waals surface area contributed by atoms with Gasteiger partial charge in [0.2, 0.25) is 0 Å². The molecule has 0 spiro atoms. The summed E-state index contributed by atoms with van der Waals surface area (Å²) in [5.74, 6) is 0.720. The molecule has 0 saturated heterocycles. The van der Waals surface area contributed by atoms with Crippen LogP contribution < -0.4 is 4.90 Å². The molecule has 1 aliphatic rings. The van der Waals surface area contributed by atoms with Crippen molar-refractivity contribution in [1.82, 2.24) is 4.98 Å². The lowest BCUT2D eigenvalue weighted by Gasteiger charge is -2.30. The molecule has 4 heteroatoms. The van der Waals surface area contributed by atoms with E-state index in [1.165, 1.54) is 18.4 Å². The first kappa shape index (κ1) is 14.8. The van der Waals surface area contributed by atoms with Crippen LogP contribution in [0.1, 0.15) is 50.4 Å². The molecule has 0 radical (unpaired) electrons. The highest BCUT2D eigenvalue weighted by molar-refractivity contribution is 5.56. The summed E-state index contributed by atoms with van der Waals surface area (Å²) in [7, 11) is 0. The highest BCUT2D eigenvalue weighted by Gasteiger charge is 2.23. The fourth-order valence-corrected chi connectivity index (χ4v) is 2.75. The minimum atomic E-state index is -0.805. The number of nitriles is 1. The molecule has 1 N–H and O–H groups in total. The number of hydrogen-bond acceptors (Lipinski definition) is 4. The summed E-state index contributed by atoms with van der Waals surface area (Å²) in [5.41, 5.74) is 2.16. The molecule has 0 amide bonds. The van der Waals surface area contributed by atoms with Crippen LogP contribution in [0.5, 0.6) is 0 Å². The van der Waals surface area contributed by atoms with E-state index in [2.05, 4.69) is 6.07 Å². The predicted octanol–water partition coefficient (Wildman–Crippen LogP) is 2.43. The lowest BCUT2D eigenvalue weighted by Crippen LogP contribution is -2.39. The van der Waals surface area contributed by atoms with Crippen molar-refractivity contribution >= 4 is 5.82 Å². The van der Waals surface area contributed by atoms with Gasteiger partial charge in [-0.15, -0.1) is 0 Å². The van der Waals surface area contributed by atoms with E-state index in [9.17, 15) is 10.4 Å². The average Bonchev–Trinajstić information content (AvgIpc) is 2.42. The average molecular weight is 273 g/mol. The summed E-state index contributed by atoms with van der Waals surface area (Å²) in [4.78, 5) is 6.73. The Morgan fingerprint density at radius 3 is 2.70 bits per heavy atom. The van der Waals surface area contributed by atoms with E-state index in [1.807, 2.05) is 17.9 Å². The first-order valence-electron chi connectivity index (χ1n) is 7.35. The van der Waals surface area contributed by atoms with Crippen LogP contribution in [0.15, 0.2) is 6.07 Å². The lowest BCUT2D eigenvalue weighted by molar-refractivity contribution is 0.0874. The van der Waals surface area contributed by atoms with Crippen molar-refractivity contribution in [3.63, 3.8) is 0 Å². The molecule has 2 rings (SSSR count). The maximum atomic E-state index is 10.0. The lowest BCUT2D eigenvalue weighted by atomic mass is 9.94. The van der Waals surface area contributed by atoms with Gasteiger partial charge in [-0.25, -0.2) is 4.98 Å². The number of fused-ring (bicyclic) bond motifs is 1. The smallest absolute Gasteiger partial charge is 0.146 e. The molecule has 0 unspecified atom stereocenters. The molecule has 0 aromatic carbocycles. The Morgan fingerprint density at radius 1 is 1.40 bits per heavy atom. The number of pyridine rings is 1. The van der Waals surface area contributed by atoms with Crippen molar-refractivity contribution in [2.75, 3.05) is 18.0 Å². The Balaban J connectivity index is 2.41. The van der Waals surface area contributed by atoms with E-state index >= 15 is 0 Å². The summed E-state index contributed by atoms with van der Waals surface area (Å²) >= 11 is 0. The van der Waals surface area contributed by atoms with Crippen LogP contribution in [0.4, 0.5) is 5.82 Å². The van der Waals surface area contributed by atoms with Crippen molar-refractivity contribution in [3.8, 4) is 6.07 Å². The van der Waals surface area contributed by atoms with Crippen LogP contribution in [0.25, 0.3) is 0 Å².